The van der Waals surface area contributed by atoms with Gasteiger partial charge in [0, 0.05) is 5.56 Å². The van der Waals surface area contributed by atoms with E-state index in [1.165, 1.54) is 7.11 Å². The zero-order chi connectivity index (χ0) is 16.8. The molecule has 0 fully saturated rings. The Bertz CT molecular complexity index is 539. The summed E-state index contributed by atoms with van der Waals surface area (Å²) < 4.78 is 16.7. The Balaban J connectivity index is 2.55. The van der Waals surface area contributed by atoms with Gasteiger partial charge in [-0.15, -0.1) is 0 Å². The second-order valence-corrected chi connectivity index (χ2v) is 6.59. The summed E-state index contributed by atoms with van der Waals surface area (Å²) >= 11 is 2.07. The number of nitrogens with one attached hydrogen (secondary N) is 1. The summed E-state index contributed by atoms with van der Waals surface area (Å²) in [7, 11) is 1.51. The number of ether oxygens (including phenoxy) is 3. The third-order valence-corrected chi connectivity index (χ3v) is 3.21. The smallest absolute Gasteiger partial charge is 0.407 e. The van der Waals surface area contributed by atoms with Crippen molar-refractivity contribution in [3.8, 4) is 11.5 Å². The Morgan fingerprint density at radius 2 is 2.05 bits per heavy atom. The van der Waals surface area contributed by atoms with Crippen LogP contribution in [0.2, 0.25) is 0 Å². The highest BCUT2D eigenvalue weighted by Gasteiger charge is 2.16. The average Bonchev–Trinajstić information content (AvgIpc) is 2.42. The summed E-state index contributed by atoms with van der Waals surface area (Å²) in [6, 6.07) is 3.30. The number of benzene rings is 1. The van der Waals surface area contributed by atoms with Gasteiger partial charge in [-0.25, -0.2) is 4.79 Å². The first kappa shape index (κ1) is 18.5. The SMILES string of the molecule is COc1cc(C=O)cc(I)c1OCCNC(=O)OC(C)(C)C. The minimum absolute atomic E-state index is 0.256. The minimum Gasteiger partial charge on any atom is -0.493 e. The summed E-state index contributed by atoms with van der Waals surface area (Å²) in [5, 5.41) is 2.60. The van der Waals surface area contributed by atoms with E-state index in [9.17, 15) is 9.59 Å². The average molecular weight is 421 g/mol. The van der Waals surface area contributed by atoms with Gasteiger partial charge in [0.15, 0.2) is 11.5 Å². The lowest BCUT2D eigenvalue weighted by Crippen LogP contribution is -2.34. The summed E-state index contributed by atoms with van der Waals surface area (Å²) in [6.07, 6.45) is 0.257. The monoisotopic (exact) mass is 421 g/mol. The fraction of sp³-hybridized carbons (Fsp3) is 0.467. The molecule has 6 nitrogen and oxygen atoms in total. The van der Waals surface area contributed by atoms with Crippen LogP contribution in [0.3, 0.4) is 0 Å². The summed E-state index contributed by atoms with van der Waals surface area (Å²) in [4.78, 5) is 22.3. The standard InChI is InChI=1S/C15H20INO5/c1-15(2,3)22-14(19)17-5-6-21-13-11(16)7-10(9-18)8-12(13)20-4/h7-9H,5-6H2,1-4H3,(H,17,19). The Hall–Kier alpha value is -1.51. The van der Waals surface area contributed by atoms with Gasteiger partial charge in [0.1, 0.15) is 18.5 Å². The van der Waals surface area contributed by atoms with Gasteiger partial charge in [0.2, 0.25) is 0 Å². The predicted molar refractivity (Wildman–Crippen MR) is 90.8 cm³/mol. The van der Waals surface area contributed by atoms with Gasteiger partial charge < -0.3 is 19.5 Å². The molecular formula is C15H20INO5. The van der Waals surface area contributed by atoms with E-state index in [2.05, 4.69) is 27.9 Å². The van der Waals surface area contributed by atoms with E-state index in [1.54, 1.807) is 32.9 Å². The highest BCUT2D eigenvalue weighted by molar-refractivity contribution is 14.1. The topological polar surface area (TPSA) is 73.9 Å². The number of aldehydes is 1. The molecule has 7 heteroatoms. The quantitative estimate of drug-likeness (QED) is 0.434. The molecule has 0 aliphatic carbocycles. The van der Waals surface area contributed by atoms with Crippen molar-refractivity contribution in [2.24, 2.45) is 0 Å². The number of halogens is 1. The van der Waals surface area contributed by atoms with Gasteiger partial charge in [0.05, 0.1) is 17.2 Å². The fourth-order valence-electron chi connectivity index (χ4n) is 1.57. The molecule has 0 aliphatic heterocycles. The number of hydrogen-bond donors (Lipinski definition) is 1. The molecule has 1 rings (SSSR count). The van der Waals surface area contributed by atoms with Crippen LogP contribution < -0.4 is 14.8 Å². The third-order valence-electron chi connectivity index (χ3n) is 2.40. The van der Waals surface area contributed by atoms with E-state index in [4.69, 9.17) is 14.2 Å². The highest BCUT2D eigenvalue weighted by Crippen LogP contribution is 2.33. The zero-order valence-electron chi connectivity index (χ0n) is 13.1. The van der Waals surface area contributed by atoms with Crippen LogP contribution >= 0.6 is 22.6 Å². The van der Waals surface area contributed by atoms with Crippen LogP contribution in [0, 0.1) is 3.57 Å². The maximum absolute atomic E-state index is 11.5. The van der Waals surface area contributed by atoms with Crippen molar-refractivity contribution in [2.75, 3.05) is 20.3 Å². The number of methoxy groups -OCH3 is 1. The van der Waals surface area contributed by atoms with E-state index in [0.717, 1.165) is 9.86 Å². The molecule has 1 aromatic carbocycles. The molecule has 0 heterocycles. The number of hydrogen-bond acceptors (Lipinski definition) is 5. The first-order chi connectivity index (χ1) is 10.3. The van der Waals surface area contributed by atoms with Gasteiger partial charge in [-0.2, -0.15) is 0 Å². The maximum atomic E-state index is 11.5. The van der Waals surface area contributed by atoms with Gasteiger partial charge in [-0.1, -0.05) is 0 Å². The molecule has 0 aliphatic rings. The van der Waals surface area contributed by atoms with Crippen LogP contribution in [0.15, 0.2) is 12.1 Å². The van der Waals surface area contributed by atoms with Gasteiger partial charge in [-0.3, -0.25) is 4.79 Å². The maximum Gasteiger partial charge on any atom is 0.407 e. The van der Waals surface area contributed by atoms with Crippen LogP contribution in [0.5, 0.6) is 11.5 Å². The van der Waals surface area contributed by atoms with Crippen molar-refractivity contribution in [1.29, 1.82) is 0 Å². The van der Waals surface area contributed by atoms with Crippen molar-refractivity contribution >= 4 is 35.0 Å². The van der Waals surface area contributed by atoms with Crippen molar-refractivity contribution in [3.05, 3.63) is 21.3 Å². The number of amides is 1. The molecule has 22 heavy (non-hydrogen) atoms. The van der Waals surface area contributed by atoms with E-state index in [-0.39, 0.29) is 6.61 Å². The molecule has 0 saturated carbocycles. The summed E-state index contributed by atoms with van der Waals surface area (Å²) in [5.74, 6) is 1.02. The van der Waals surface area contributed by atoms with E-state index >= 15 is 0 Å². The molecule has 0 aromatic heterocycles. The lowest BCUT2D eigenvalue weighted by molar-refractivity contribution is 0.0520. The molecular weight excluding hydrogens is 401 g/mol. The molecule has 122 valence electrons. The Morgan fingerprint density at radius 3 is 2.59 bits per heavy atom. The molecule has 0 atom stereocenters. The van der Waals surface area contributed by atoms with E-state index in [1.807, 2.05) is 0 Å². The highest BCUT2D eigenvalue weighted by atomic mass is 127. The van der Waals surface area contributed by atoms with Crippen LogP contribution in [0.4, 0.5) is 4.79 Å². The Morgan fingerprint density at radius 1 is 1.36 bits per heavy atom. The third kappa shape index (κ3) is 6.08. The minimum atomic E-state index is -0.534. The Labute approximate surface area is 143 Å². The molecule has 0 bridgehead atoms. The molecule has 0 saturated heterocycles. The van der Waals surface area contributed by atoms with Crippen molar-refractivity contribution in [3.63, 3.8) is 0 Å². The van der Waals surface area contributed by atoms with Crippen molar-refractivity contribution in [1.82, 2.24) is 5.32 Å². The number of carbonyl (C=O) groups is 2. The number of carbonyl (C=O) groups excluding carboxylic acids is 2. The van der Waals surface area contributed by atoms with E-state index < -0.39 is 11.7 Å². The van der Waals surface area contributed by atoms with Crippen LogP contribution in [0.1, 0.15) is 31.1 Å². The van der Waals surface area contributed by atoms with Crippen LogP contribution in [-0.2, 0) is 4.74 Å². The fourth-order valence-corrected chi connectivity index (χ4v) is 2.35. The lowest BCUT2D eigenvalue weighted by atomic mass is 10.2. The molecule has 1 N–H and O–H groups in total. The normalized spacial score (nSPS) is 10.8. The lowest BCUT2D eigenvalue weighted by Gasteiger charge is -2.20. The first-order valence-electron chi connectivity index (χ1n) is 6.69. The van der Waals surface area contributed by atoms with Crippen molar-refractivity contribution in [2.45, 2.75) is 26.4 Å². The van der Waals surface area contributed by atoms with Gasteiger partial charge >= 0.3 is 6.09 Å². The largest absolute Gasteiger partial charge is 0.493 e. The summed E-state index contributed by atoms with van der Waals surface area (Å²) in [5.41, 5.74) is -0.0192. The molecule has 0 spiro atoms. The molecule has 1 amide bonds. The predicted octanol–water partition coefficient (Wildman–Crippen LogP) is 3.02. The van der Waals surface area contributed by atoms with Crippen LogP contribution in [0.25, 0.3) is 0 Å². The number of alkyl carbamates (subject to hydrolysis) is 1. The van der Waals surface area contributed by atoms with Gasteiger partial charge in [-0.05, 0) is 55.5 Å². The van der Waals surface area contributed by atoms with E-state index in [0.29, 0.717) is 23.6 Å². The Kier molecular flexibility index (Phi) is 6.92. The van der Waals surface area contributed by atoms with Crippen molar-refractivity contribution < 1.29 is 23.8 Å². The zero-order valence-corrected chi connectivity index (χ0v) is 15.2. The summed E-state index contributed by atoms with van der Waals surface area (Å²) in [6.45, 7) is 5.94. The number of rotatable bonds is 6. The van der Waals surface area contributed by atoms with Crippen LogP contribution in [-0.4, -0.2) is 38.2 Å². The first-order valence-corrected chi connectivity index (χ1v) is 7.77. The molecule has 1 aromatic rings. The van der Waals surface area contributed by atoms with Gasteiger partial charge in [0.25, 0.3) is 0 Å². The second kappa shape index (κ2) is 8.21. The molecule has 0 radical (unpaired) electrons. The second-order valence-electron chi connectivity index (χ2n) is 5.43. The molecule has 0 unspecified atom stereocenters.